The van der Waals surface area contributed by atoms with Gasteiger partial charge < -0.3 is 9.64 Å². The van der Waals surface area contributed by atoms with Crippen LogP contribution in [0.5, 0.6) is 0 Å². The van der Waals surface area contributed by atoms with Crippen molar-refractivity contribution in [3.8, 4) is 11.1 Å². The SMILES string of the molecule is C=NC1=C(N=CC)N(C)CCc2c1nc(C(C)C)c(C(=O)OC)c2-c1ccc(F)cc1. The predicted octanol–water partition coefficient (Wildman–Crippen LogP) is 4.70. The molecule has 0 N–H and O–H groups in total. The molecule has 0 aliphatic carbocycles. The lowest BCUT2D eigenvalue weighted by atomic mass is 9.87. The van der Waals surface area contributed by atoms with Crippen LogP contribution in [0, 0.1) is 5.82 Å². The van der Waals surface area contributed by atoms with E-state index in [0.717, 1.165) is 11.1 Å². The van der Waals surface area contributed by atoms with Crippen LogP contribution in [0.15, 0.2) is 40.1 Å². The molecule has 1 aliphatic heterocycles. The van der Waals surface area contributed by atoms with Crippen molar-refractivity contribution >= 4 is 24.6 Å². The van der Waals surface area contributed by atoms with E-state index in [1.807, 2.05) is 32.7 Å². The summed E-state index contributed by atoms with van der Waals surface area (Å²) in [6, 6.07) is 6.12. The Morgan fingerprint density at radius 3 is 2.55 bits per heavy atom. The summed E-state index contributed by atoms with van der Waals surface area (Å²) in [6.45, 7) is 10.2. The molecule has 0 fully saturated rings. The second kappa shape index (κ2) is 9.20. The number of hydrogen-bond donors (Lipinski definition) is 0. The second-order valence-electron chi connectivity index (χ2n) is 7.62. The van der Waals surface area contributed by atoms with Crippen molar-refractivity contribution < 1.29 is 13.9 Å². The predicted molar refractivity (Wildman–Crippen MR) is 122 cm³/mol. The molecule has 7 heteroatoms. The van der Waals surface area contributed by atoms with E-state index in [0.29, 0.717) is 47.0 Å². The van der Waals surface area contributed by atoms with Crippen LogP contribution in [0.2, 0.25) is 0 Å². The third-order valence-corrected chi connectivity index (χ3v) is 5.30. The number of fused-ring (bicyclic) bond motifs is 1. The lowest BCUT2D eigenvalue weighted by molar-refractivity contribution is 0.0599. The summed E-state index contributed by atoms with van der Waals surface area (Å²) < 4.78 is 18.8. The summed E-state index contributed by atoms with van der Waals surface area (Å²) in [7, 11) is 3.28. The molecule has 6 nitrogen and oxygen atoms in total. The van der Waals surface area contributed by atoms with E-state index in [4.69, 9.17) is 9.72 Å². The monoisotopic (exact) mass is 422 g/mol. The quantitative estimate of drug-likeness (QED) is 0.517. The van der Waals surface area contributed by atoms with Gasteiger partial charge >= 0.3 is 5.97 Å². The third kappa shape index (κ3) is 4.13. The van der Waals surface area contributed by atoms with Gasteiger partial charge in [-0.3, -0.25) is 4.99 Å². The van der Waals surface area contributed by atoms with E-state index in [2.05, 4.69) is 16.7 Å². The summed E-state index contributed by atoms with van der Waals surface area (Å²) in [4.78, 5) is 28.6. The maximum Gasteiger partial charge on any atom is 0.340 e. The molecule has 0 unspecified atom stereocenters. The van der Waals surface area contributed by atoms with Gasteiger partial charge in [-0.1, -0.05) is 26.0 Å². The summed E-state index contributed by atoms with van der Waals surface area (Å²) in [6.07, 6.45) is 2.30. The number of ether oxygens (including phenoxy) is 1. The fraction of sp³-hybridized carbons (Fsp3) is 0.333. The lowest BCUT2D eigenvalue weighted by Crippen LogP contribution is -2.19. The van der Waals surface area contributed by atoms with Gasteiger partial charge in [-0.2, -0.15) is 0 Å². The van der Waals surface area contributed by atoms with Gasteiger partial charge in [0.05, 0.1) is 24.1 Å². The van der Waals surface area contributed by atoms with Crippen molar-refractivity contribution in [3.63, 3.8) is 0 Å². The number of nitrogens with zero attached hydrogens (tertiary/aromatic N) is 4. The van der Waals surface area contributed by atoms with Crippen molar-refractivity contribution in [3.05, 3.63) is 58.4 Å². The normalized spacial score (nSPS) is 14.1. The highest BCUT2D eigenvalue weighted by Crippen LogP contribution is 2.39. The van der Waals surface area contributed by atoms with Gasteiger partial charge in [-0.15, -0.1) is 0 Å². The molecule has 0 spiro atoms. The van der Waals surface area contributed by atoms with Crippen LogP contribution in [0.4, 0.5) is 4.39 Å². The summed E-state index contributed by atoms with van der Waals surface area (Å²) in [5.74, 6) is -0.224. The number of methoxy groups -OCH3 is 1. The number of carbonyl (C=O) groups is 1. The van der Waals surface area contributed by atoms with E-state index in [9.17, 15) is 9.18 Å². The number of carbonyl (C=O) groups excluding carboxylic acids is 1. The van der Waals surface area contributed by atoms with E-state index in [1.54, 1.807) is 18.3 Å². The van der Waals surface area contributed by atoms with Gasteiger partial charge in [-0.05, 0) is 49.2 Å². The van der Waals surface area contributed by atoms with Crippen molar-refractivity contribution in [2.75, 3.05) is 20.7 Å². The van der Waals surface area contributed by atoms with Gasteiger partial charge in [-0.25, -0.2) is 19.2 Å². The third-order valence-electron chi connectivity index (χ3n) is 5.30. The van der Waals surface area contributed by atoms with Crippen LogP contribution in [0.25, 0.3) is 16.8 Å². The summed E-state index contributed by atoms with van der Waals surface area (Å²) in [5, 5.41) is 0. The van der Waals surface area contributed by atoms with Crippen LogP contribution < -0.4 is 0 Å². The number of esters is 1. The molecule has 0 saturated carbocycles. The molecule has 0 atom stereocenters. The number of rotatable bonds is 5. The van der Waals surface area contributed by atoms with Crippen molar-refractivity contribution in [2.24, 2.45) is 9.98 Å². The zero-order chi connectivity index (χ0) is 22.7. The first-order chi connectivity index (χ1) is 14.8. The Hall–Kier alpha value is -3.35. The standard InChI is InChI=1S/C24H27FN4O2/c1-7-27-23-22(26-4)21-17(12-13-29(23)5)18(15-8-10-16(25)11-9-15)19(24(30)31-6)20(28-21)14(2)3/h7-11,14H,4,12-13H2,1-3,5-6H3. The van der Waals surface area contributed by atoms with Gasteiger partial charge in [0.25, 0.3) is 0 Å². The van der Waals surface area contributed by atoms with Gasteiger partial charge in [0.1, 0.15) is 11.5 Å². The van der Waals surface area contributed by atoms with E-state index < -0.39 is 5.97 Å². The van der Waals surface area contributed by atoms with Crippen molar-refractivity contribution in [1.82, 2.24) is 9.88 Å². The minimum absolute atomic E-state index is 0.0660. The number of aliphatic imine (C=N–C) groups is 2. The van der Waals surface area contributed by atoms with E-state index >= 15 is 0 Å². The highest BCUT2D eigenvalue weighted by atomic mass is 19.1. The fourth-order valence-corrected chi connectivity index (χ4v) is 3.84. The molecule has 0 amide bonds. The molecular formula is C24H27FN4O2. The number of likely N-dealkylation sites (N-methyl/N-ethyl adjacent to an activating group) is 1. The fourth-order valence-electron chi connectivity index (χ4n) is 3.84. The minimum Gasteiger partial charge on any atom is -0.465 e. The smallest absolute Gasteiger partial charge is 0.340 e. The Labute approximate surface area is 182 Å². The Bertz CT molecular complexity index is 1070. The Balaban J connectivity index is 2.51. The molecule has 1 aliphatic rings. The maximum absolute atomic E-state index is 13.7. The number of halogens is 1. The molecule has 0 bridgehead atoms. The second-order valence-corrected chi connectivity index (χ2v) is 7.62. The van der Waals surface area contributed by atoms with Crippen LogP contribution in [-0.4, -0.2) is 49.5 Å². The average Bonchev–Trinajstić information content (AvgIpc) is 2.89. The molecule has 2 aromatic rings. The Morgan fingerprint density at radius 2 is 2.00 bits per heavy atom. The zero-order valence-corrected chi connectivity index (χ0v) is 18.6. The number of pyridine rings is 1. The van der Waals surface area contributed by atoms with Gasteiger partial charge in [0.15, 0.2) is 5.82 Å². The Morgan fingerprint density at radius 1 is 1.32 bits per heavy atom. The number of hydrogen-bond acceptors (Lipinski definition) is 6. The largest absolute Gasteiger partial charge is 0.465 e. The summed E-state index contributed by atoms with van der Waals surface area (Å²) in [5.41, 5.74) is 4.43. The van der Waals surface area contributed by atoms with Crippen molar-refractivity contribution in [1.29, 1.82) is 0 Å². The first-order valence-electron chi connectivity index (χ1n) is 10.2. The van der Waals surface area contributed by atoms with Crippen LogP contribution in [0.3, 0.4) is 0 Å². The number of aromatic nitrogens is 1. The molecule has 0 radical (unpaired) electrons. The topological polar surface area (TPSA) is 67.2 Å². The van der Waals surface area contributed by atoms with E-state index in [1.165, 1.54) is 19.2 Å². The summed E-state index contributed by atoms with van der Waals surface area (Å²) >= 11 is 0. The lowest BCUT2D eigenvalue weighted by Gasteiger charge is -2.21. The molecule has 1 aromatic carbocycles. The number of benzene rings is 1. The van der Waals surface area contributed by atoms with Crippen LogP contribution in [0.1, 0.15) is 54.0 Å². The molecule has 162 valence electrons. The first kappa shape index (κ1) is 22.3. The Kier molecular flexibility index (Phi) is 6.63. The first-order valence-corrected chi connectivity index (χ1v) is 10.2. The van der Waals surface area contributed by atoms with Crippen LogP contribution >= 0.6 is 0 Å². The van der Waals surface area contributed by atoms with Crippen molar-refractivity contribution in [2.45, 2.75) is 33.1 Å². The van der Waals surface area contributed by atoms with Crippen LogP contribution in [-0.2, 0) is 11.2 Å². The molecule has 31 heavy (non-hydrogen) atoms. The molecule has 1 aromatic heterocycles. The molecular weight excluding hydrogens is 395 g/mol. The molecule has 2 heterocycles. The highest BCUT2D eigenvalue weighted by molar-refractivity contribution is 6.00. The minimum atomic E-state index is -0.472. The molecule has 3 rings (SSSR count). The highest BCUT2D eigenvalue weighted by Gasteiger charge is 2.31. The average molecular weight is 423 g/mol. The maximum atomic E-state index is 13.7. The van der Waals surface area contributed by atoms with Gasteiger partial charge in [0, 0.05) is 25.4 Å². The molecule has 0 saturated heterocycles. The van der Waals surface area contributed by atoms with E-state index in [-0.39, 0.29) is 11.7 Å². The zero-order valence-electron chi connectivity index (χ0n) is 18.6. The van der Waals surface area contributed by atoms with Gasteiger partial charge in [0.2, 0.25) is 0 Å².